The summed E-state index contributed by atoms with van der Waals surface area (Å²) in [7, 11) is 0. The van der Waals surface area contributed by atoms with Gasteiger partial charge in [-0.05, 0) is 17.5 Å². The summed E-state index contributed by atoms with van der Waals surface area (Å²) in [5, 5.41) is 16.0. The molecule has 0 unspecified atom stereocenters. The van der Waals surface area contributed by atoms with Crippen LogP contribution in [0.1, 0.15) is 32.8 Å². The number of ether oxygens (including phenoxy) is 1. The van der Waals surface area contributed by atoms with Crippen LogP contribution in [0.3, 0.4) is 0 Å². The van der Waals surface area contributed by atoms with E-state index in [4.69, 9.17) is 4.74 Å². The fraction of sp³-hybridized carbons (Fsp3) is 0.529. The Balaban J connectivity index is 2.48. The minimum absolute atomic E-state index is 0.0217. The number of rotatable bonds is 8. The standard InChI is InChI=1S/C17H22F3N3O5/c1-16(2,3)9-15(25)28-10-14(24)22-7-6-21-12-5-4-11(17(18,19)20)8-13(12)23(26)27/h4-5,8,21H,6-7,9-10H2,1-3H3,(H,22,24). The second-order valence-corrected chi connectivity index (χ2v) is 7.16. The summed E-state index contributed by atoms with van der Waals surface area (Å²) >= 11 is 0. The summed E-state index contributed by atoms with van der Waals surface area (Å²) in [5.74, 6) is -1.08. The minimum Gasteiger partial charge on any atom is -0.456 e. The Morgan fingerprint density at radius 2 is 1.82 bits per heavy atom. The molecule has 0 aliphatic rings. The molecule has 0 aliphatic carbocycles. The quantitative estimate of drug-likeness (QED) is 0.298. The van der Waals surface area contributed by atoms with Crippen LogP contribution in [0.2, 0.25) is 0 Å². The SMILES string of the molecule is CC(C)(C)CC(=O)OCC(=O)NCCNc1ccc(C(F)(F)F)cc1[N+](=O)[O-]. The first-order valence-corrected chi connectivity index (χ1v) is 8.31. The highest BCUT2D eigenvalue weighted by atomic mass is 19.4. The van der Waals surface area contributed by atoms with Gasteiger partial charge in [-0.2, -0.15) is 13.2 Å². The molecule has 0 radical (unpaired) electrons. The predicted octanol–water partition coefficient (Wildman–Crippen LogP) is 3.12. The van der Waals surface area contributed by atoms with Gasteiger partial charge in [0.1, 0.15) is 5.69 Å². The first kappa shape index (κ1) is 23.2. The van der Waals surface area contributed by atoms with Crippen molar-refractivity contribution in [2.75, 3.05) is 25.0 Å². The average molecular weight is 405 g/mol. The number of hydrogen-bond donors (Lipinski definition) is 2. The monoisotopic (exact) mass is 405 g/mol. The maximum Gasteiger partial charge on any atom is 0.416 e. The number of hydrogen-bond acceptors (Lipinski definition) is 6. The molecule has 0 aliphatic heterocycles. The van der Waals surface area contributed by atoms with Gasteiger partial charge in [0.25, 0.3) is 11.6 Å². The van der Waals surface area contributed by atoms with Crippen LogP contribution in [0.25, 0.3) is 0 Å². The number of esters is 1. The molecular weight excluding hydrogens is 383 g/mol. The van der Waals surface area contributed by atoms with Crippen molar-refractivity contribution >= 4 is 23.3 Å². The van der Waals surface area contributed by atoms with Crippen molar-refractivity contribution in [3.63, 3.8) is 0 Å². The second-order valence-electron chi connectivity index (χ2n) is 7.16. The molecule has 11 heteroatoms. The first-order chi connectivity index (χ1) is 12.8. The summed E-state index contributed by atoms with van der Waals surface area (Å²) < 4.78 is 42.8. The minimum atomic E-state index is -4.69. The molecule has 1 amide bonds. The fourth-order valence-electron chi connectivity index (χ4n) is 2.09. The molecule has 0 heterocycles. The molecule has 0 spiro atoms. The molecule has 0 aromatic heterocycles. The fourth-order valence-corrected chi connectivity index (χ4v) is 2.09. The number of alkyl halides is 3. The normalized spacial score (nSPS) is 11.6. The molecule has 8 nitrogen and oxygen atoms in total. The zero-order valence-corrected chi connectivity index (χ0v) is 15.7. The van der Waals surface area contributed by atoms with E-state index < -0.39 is 40.8 Å². The molecule has 1 aromatic rings. The zero-order valence-electron chi connectivity index (χ0n) is 15.7. The smallest absolute Gasteiger partial charge is 0.416 e. The molecule has 0 bridgehead atoms. The van der Waals surface area contributed by atoms with Crippen LogP contribution >= 0.6 is 0 Å². The Bertz CT molecular complexity index is 730. The molecule has 0 fully saturated rings. The number of nitro benzene ring substituents is 1. The third-order valence-corrected chi connectivity index (χ3v) is 3.32. The maximum absolute atomic E-state index is 12.7. The topological polar surface area (TPSA) is 111 Å². The van der Waals surface area contributed by atoms with Crippen LogP contribution in [0, 0.1) is 15.5 Å². The van der Waals surface area contributed by atoms with Crippen LogP contribution in [-0.2, 0) is 20.5 Å². The summed E-state index contributed by atoms with van der Waals surface area (Å²) in [6.07, 6.45) is -4.54. The third-order valence-electron chi connectivity index (χ3n) is 3.32. The van der Waals surface area contributed by atoms with Crippen molar-refractivity contribution in [3.05, 3.63) is 33.9 Å². The Kier molecular flexibility index (Phi) is 7.77. The number of halogens is 3. The number of nitrogens with zero attached hydrogens (tertiary/aromatic N) is 1. The van der Waals surface area contributed by atoms with Gasteiger partial charge in [-0.1, -0.05) is 20.8 Å². The van der Waals surface area contributed by atoms with Crippen molar-refractivity contribution < 1.29 is 32.4 Å². The van der Waals surface area contributed by atoms with Crippen molar-refractivity contribution in [1.82, 2.24) is 5.32 Å². The maximum atomic E-state index is 12.7. The Hall–Kier alpha value is -2.85. The van der Waals surface area contributed by atoms with E-state index in [2.05, 4.69) is 10.6 Å². The van der Waals surface area contributed by atoms with Crippen molar-refractivity contribution in [1.29, 1.82) is 0 Å². The van der Waals surface area contributed by atoms with Gasteiger partial charge in [-0.25, -0.2) is 0 Å². The number of anilines is 1. The van der Waals surface area contributed by atoms with Crippen molar-refractivity contribution in [3.8, 4) is 0 Å². The van der Waals surface area contributed by atoms with Crippen LogP contribution in [0.4, 0.5) is 24.5 Å². The van der Waals surface area contributed by atoms with E-state index in [1.165, 1.54) is 0 Å². The lowest BCUT2D eigenvalue weighted by Gasteiger charge is -2.16. The zero-order chi connectivity index (χ0) is 21.5. The number of carbonyl (C=O) groups excluding carboxylic acids is 2. The largest absolute Gasteiger partial charge is 0.456 e. The van der Waals surface area contributed by atoms with Gasteiger partial charge in [-0.3, -0.25) is 19.7 Å². The van der Waals surface area contributed by atoms with Crippen LogP contribution < -0.4 is 10.6 Å². The van der Waals surface area contributed by atoms with Gasteiger partial charge in [0.2, 0.25) is 0 Å². The molecule has 0 saturated carbocycles. The molecule has 1 aromatic carbocycles. The lowest BCUT2D eigenvalue weighted by Crippen LogP contribution is -2.33. The van der Waals surface area contributed by atoms with E-state index >= 15 is 0 Å². The van der Waals surface area contributed by atoms with Gasteiger partial charge in [0.05, 0.1) is 16.9 Å². The summed E-state index contributed by atoms with van der Waals surface area (Å²) in [6.45, 7) is 5.12. The van der Waals surface area contributed by atoms with Crippen LogP contribution in [0.5, 0.6) is 0 Å². The summed E-state index contributed by atoms with van der Waals surface area (Å²) in [4.78, 5) is 33.2. The second kappa shape index (κ2) is 9.38. The Morgan fingerprint density at radius 1 is 1.18 bits per heavy atom. The number of carbonyl (C=O) groups is 2. The molecule has 0 saturated heterocycles. The van der Waals surface area contributed by atoms with Crippen molar-refractivity contribution in [2.45, 2.75) is 33.4 Å². The van der Waals surface area contributed by atoms with E-state index in [-0.39, 0.29) is 30.6 Å². The number of benzene rings is 1. The number of nitro groups is 1. The first-order valence-electron chi connectivity index (χ1n) is 8.31. The molecule has 1 rings (SSSR count). The summed E-state index contributed by atoms with van der Waals surface area (Å²) in [6, 6.07) is 2.12. The van der Waals surface area contributed by atoms with E-state index in [0.717, 1.165) is 12.1 Å². The molecular formula is C17H22F3N3O5. The van der Waals surface area contributed by atoms with E-state index in [1.54, 1.807) is 0 Å². The van der Waals surface area contributed by atoms with Crippen LogP contribution in [-0.4, -0.2) is 36.5 Å². The lowest BCUT2D eigenvalue weighted by atomic mass is 9.93. The van der Waals surface area contributed by atoms with Gasteiger partial charge in [-0.15, -0.1) is 0 Å². The highest BCUT2D eigenvalue weighted by molar-refractivity contribution is 5.80. The molecule has 2 N–H and O–H groups in total. The third kappa shape index (κ3) is 8.23. The number of nitrogens with one attached hydrogen (secondary N) is 2. The molecule has 156 valence electrons. The Morgan fingerprint density at radius 3 is 2.36 bits per heavy atom. The molecule has 0 atom stereocenters. The lowest BCUT2D eigenvalue weighted by molar-refractivity contribution is -0.384. The van der Waals surface area contributed by atoms with Gasteiger partial charge in [0, 0.05) is 19.2 Å². The molecule has 28 heavy (non-hydrogen) atoms. The average Bonchev–Trinajstić information content (AvgIpc) is 2.54. The van der Waals surface area contributed by atoms with Gasteiger partial charge < -0.3 is 15.4 Å². The highest BCUT2D eigenvalue weighted by Crippen LogP contribution is 2.34. The highest BCUT2D eigenvalue weighted by Gasteiger charge is 2.33. The summed E-state index contributed by atoms with van der Waals surface area (Å²) in [5.41, 5.74) is -2.23. The van der Waals surface area contributed by atoms with E-state index in [1.807, 2.05) is 20.8 Å². The van der Waals surface area contributed by atoms with Crippen LogP contribution in [0.15, 0.2) is 18.2 Å². The van der Waals surface area contributed by atoms with E-state index in [0.29, 0.717) is 6.07 Å². The van der Waals surface area contributed by atoms with Gasteiger partial charge >= 0.3 is 12.1 Å². The van der Waals surface area contributed by atoms with Crippen molar-refractivity contribution in [2.24, 2.45) is 5.41 Å². The van der Waals surface area contributed by atoms with E-state index in [9.17, 15) is 32.9 Å². The Labute approximate surface area is 159 Å². The van der Waals surface area contributed by atoms with Gasteiger partial charge in [0.15, 0.2) is 6.61 Å². The number of amides is 1. The predicted molar refractivity (Wildman–Crippen MR) is 94.6 cm³/mol.